The number of halogens is 1. The standard InChI is InChI=1S/C18H14ClNO4/c1-11-2-8-14(9-3-11)23-18-15(10-16(21)22)20-17(24-18)12-4-6-13(19)7-5-12/h2-9H,10H2,1H3,(H,21,22). The molecule has 5 nitrogen and oxygen atoms in total. The van der Waals surface area contributed by atoms with Crippen LogP contribution in [0.3, 0.4) is 0 Å². The van der Waals surface area contributed by atoms with Gasteiger partial charge in [-0.1, -0.05) is 29.3 Å². The van der Waals surface area contributed by atoms with Crippen molar-refractivity contribution >= 4 is 17.6 Å². The first kappa shape index (κ1) is 16.1. The molecule has 3 aromatic rings. The Morgan fingerprint density at radius 2 is 1.83 bits per heavy atom. The average molecular weight is 344 g/mol. The summed E-state index contributed by atoms with van der Waals surface area (Å²) >= 11 is 5.87. The predicted octanol–water partition coefficient (Wildman–Crippen LogP) is 4.72. The fourth-order valence-corrected chi connectivity index (χ4v) is 2.23. The number of carboxylic acid groups (broad SMARTS) is 1. The van der Waals surface area contributed by atoms with Crippen LogP contribution in [-0.4, -0.2) is 16.1 Å². The van der Waals surface area contributed by atoms with Crippen molar-refractivity contribution in [3.05, 3.63) is 64.8 Å². The summed E-state index contributed by atoms with van der Waals surface area (Å²) in [6, 6.07) is 14.2. The first-order valence-corrected chi connectivity index (χ1v) is 7.61. The van der Waals surface area contributed by atoms with Crippen LogP contribution in [-0.2, 0) is 11.2 Å². The smallest absolute Gasteiger partial charge is 0.315 e. The summed E-state index contributed by atoms with van der Waals surface area (Å²) in [7, 11) is 0. The lowest BCUT2D eigenvalue weighted by Gasteiger charge is -2.03. The molecule has 0 saturated carbocycles. The second kappa shape index (κ2) is 6.76. The number of carboxylic acids is 1. The third-order valence-electron chi connectivity index (χ3n) is 3.30. The van der Waals surface area contributed by atoms with E-state index in [1.807, 2.05) is 19.1 Å². The normalized spacial score (nSPS) is 10.6. The Morgan fingerprint density at radius 1 is 1.17 bits per heavy atom. The van der Waals surface area contributed by atoms with Crippen LogP contribution in [0, 0.1) is 6.92 Å². The van der Waals surface area contributed by atoms with Crippen molar-refractivity contribution < 1.29 is 19.1 Å². The molecule has 0 radical (unpaired) electrons. The highest BCUT2D eigenvalue weighted by atomic mass is 35.5. The Bertz CT molecular complexity index is 854. The molecule has 0 fully saturated rings. The predicted molar refractivity (Wildman–Crippen MR) is 89.5 cm³/mol. The number of aryl methyl sites for hydroxylation is 1. The number of rotatable bonds is 5. The highest BCUT2D eigenvalue weighted by Crippen LogP contribution is 2.32. The second-order valence-electron chi connectivity index (χ2n) is 5.25. The van der Waals surface area contributed by atoms with Gasteiger partial charge in [-0.2, -0.15) is 0 Å². The lowest BCUT2D eigenvalue weighted by Crippen LogP contribution is -2.01. The lowest BCUT2D eigenvalue weighted by atomic mass is 10.2. The van der Waals surface area contributed by atoms with Gasteiger partial charge in [0, 0.05) is 10.6 Å². The van der Waals surface area contributed by atoms with E-state index in [4.69, 9.17) is 25.9 Å². The van der Waals surface area contributed by atoms with Crippen LogP contribution < -0.4 is 4.74 Å². The van der Waals surface area contributed by atoms with Gasteiger partial charge >= 0.3 is 11.9 Å². The van der Waals surface area contributed by atoms with Gasteiger partial charge in [-0.15, -0.1) is 0 Å². The van der Waals surface area contributed by atoms with E-state index in [-0.39, 0.29) is 24.0 Å². The first-order chi connectivity index (χ1) is 11.5. The van der Waals surface area contributed by atoms with Gasteiger partial charge in [0.15, 0.2) is 0 Å². The van der Waals surface area contributed by atoms with E-state index < -0.39 is 5.97 Å². The van der Waals surface area contributed by atoms with Crippen molar-refractivity contribution in [2.45, 2.75) is 13.3 Å². The quantitative estimate of drug-likeness (QED) is 0.725. The summed E-state index contributed by atoms with van der Waals surface area (Å²) in [5, 5.41) is 9.65. The molecule has 3 rings (SSSR count). The van der Waals surface area contributed by atoms with Crippen molar-refractivity contribution in [1.82, 2.24) is 4.98 Å². The number of hydrogen-bond acceptors (Lipinski definition) is 4. The number of aliphatic carboxylic acids is 1. The van der Waals surface area contributed by atoms with Gasteiger partial charge < -0.3 is 14.3 Å². The SMILES string of the molecule is Cc1ccc(Oc2oc(-c3ccc(Cl)cc3)nc2CC(=O)O)cc1. The zero-order chi connectivity index (χ0) is 17.1. The zero-order valence-electron chi connectivity index (χ0n) is 12.8. The van der Waals surface area contributed by atoms with Gasteiger partial charge in [-0.05, 0) is 43.3 Å². The maximum atomic E-state index is 11.1. The molecule has 0 aliphatic rings. The van der Waals surface area contributed by atoms with Crippen LogP contribution in [0.25, 0.3) is 11.5 Å². The third kappa shape index (κ3) is 3.75. The van der Waals surface area contributed by atoms with E-state index in [1.54, 1.807) is 36.4 Å². The van der Waals surface area contributed by atoms with Crippen LogP contribution in [0.2, 0.25) is 5.02 Å². The van der Waals surface area contributed by atoms with E-state index in [0.29, 0.717) is 16.3 Å². The molecule has 0 aliphatic carbocycles. The van der Waals surface area contributed by atoms with E-state index in [2.05, 4.69) is 4.98 Å². The number of hydrogen-bond donors (Lipinski definition) is 1. The summed E-state index contributed by atoms with van der Waals surface area (Å²) in [6.45, 7) is 1.97. The van der Waals surface area contributed by atoms with Gasteiger partial charge in [-0.3, -0.25) is 4.79 Å². The number of oxazole rings is 1. The number of ether oxygens (including phenoxy) is 1. The summed E-state index contributed by atoms with van der Waals surface area (Å²) in [6.07, 6.45) is -0.293. The zero-order valence-corrected chi connectivity index (χ0v) is 13.6. The average Bonchev–Trinajstić information content (AvgIpc) is 2.92. The summed E-state index contributed by atoms with van der Waals surface area (Å²) < 4.78 is 11.3. The molecule has 0 aliphatic heterocycles. The van der Waals surface area contributed by atoms with Crippen molar-refractivity contribution in [3.8, 4) is 23.1 Å². The van der Waals surface area contributed by atoms with Crippen molar-refractivity contribution in [1.29, 1.82) is 0 Å². The molecule has 1 heterocycles. The monoisotopic (exact) mass is 343 g/mol. The lowest BCUT2D eigenvalue weighted by molar-refractivity contribution is -0.136. The Labute approximate surface area is 143 Å². The summed E-state index contributed by atoms with van der Waals surface area (Å²) in [5.74, 6) is -0.109. The fourth-order valence-electron chi connectivity index (χ4n) is 2.10. The van der Waals surface area contributed by atoms with E-state index >= 15 is 0 Å². The maximum Gasteiger partial charge on any atom is 0.315 e. The fraction of sp³-hybridized carbons (Fsp3) is 0.111. The van der Waals surface area contributed by atoms with Crippen LogP contribution >= 0.6 is 11.6 Å². The largest absolute Gasteiger partial charge is 0.481 e. The Kier molecular flexibility index (Phi) is 4.53. The van der Waals surface area contributed by atoms with Crippen LogP contribution in [0.5, 0.6) is 11.7 Å². The number of nitrogens with zero attached hydrogens (tertiary/aromatic N) is 1. The van der Waals surface area contributed by atoms with Gasteiger partial charge in [-0.25, -0.2) is 4.98 Å². The van der Waals surface area contributed by atoms with Crippen molar-refractivity contribution in [2.75, 3.05) is 0 Å². The molecule has 6 heteroatoms. The molecule has 0 bridgehead atoms. The topological polar surface area (TPSA) is 72.6 Å². The van der Waals surface area contributed by atoms with Gasteiger partial charge in [0.2, 0.25) is 5.89 Å². The Hall–Kier alpha value is -2.79. The second-order valence-corrected chi connectivity index (χ2v) is 5.68. The maximum absolute atomic E-state index is 11.1. The molecular weight excluding hydrogens is 330 g/mol. The number of aromatic nitrogens is 1. The molecule has 24 heavy (non-hydrogen) atoms. The van der Waals surface area contributed by atoms with Gasteiger partial charge in [0.05, 0.1) is 6.42 Å². The highest BCUT2D eigenvalue weighted by Gasteiger charge is 2.19. The highest BCUT2D eigenvalue weighted by molar-refractivity contribution is 6.30. The van der Waals surface area contributed by atoms with Gasteiger partial charge in [0.25, 0.3) is 0 Å². The minimum Gasteiger partial charge on any atom is -0.481 e. The van der Waals surface area contributed by atoms with Crippen LogP contribution in [0.4, 0.5) is 0 Å². The Morgan fingerprint density at radius 3 is 2.46 bits per heavy atom. The molecule has 1 N–H and O–H groups in total. The molecule has 1 aromatic heterocycles. The minimum atomic E-state index is -1.01. The van der Waals surface area contributed by atoms with Gasteiger partial charge in [0.1, 0.15) is 11.4 Å². The number of carbonyl (C=O) groups is 1. The van der Waals surface area contributed by atoms with E-state index in [0.717, 1.165) is 5.56 Å². The minimum absolute atomic E-state index is 0.0752. The molecule has 0 amide bonds. The molecule has 0 saturated heterocycles. The summed E-state index contributed by atoms with van der Waals surface area (Å²) in [4.78, 5) is 15.3. The Balaban J connectivity index is 1.95. The molecule has 0 unspecified atom stereocenters. The summed E-state index contributed by atoms with van der Waals surface area (Å²) in [5.41, 5.74) is 2.00. The first-order valence-electron chi connectivity index (χ1n) is 7.23. The molecule has 0 spiro atoms. The molecule has 122 valence electrons. The molecular formula is C18H14ClNO4. The van der Waals surface area contributed by atoms with Crippen LogP contribution in [0.1, 0.15) is 11.3 Å². The van der Waals surface area contributed by atoms with Crippen molar-refractivity contribution in [3.63, 3.8) is 0 Å². The molecule has 2 aromatic carbocycles. The van der Waals surface area contributed by atoms with E-state index in [1.165, 1.54) is 0 Å². The van der Waals surface area contributed by atoms with E-state index in [9.17, 15) is 4.79 Å². The van der Waals surface area contributed by atoms with Crippen molar-refractivity contribution in [2.24, 2.45) is 0 Å². The number of benzene rings is 2. The third-order valence-corrected chi connectivity index (χ3v) is 3.55. The van der Waals surface area contributed by atoms with Crippen LogP contribution in [0.15, 0.2) is 52.9 Å². The molecule has 0 atom stereocenters.